The van der Waals surface area contributed by atoms with Crippen molar-refractivity contribution >= 4 is 5.69 Å². The van der Waals surface area contributed by atoms with Gasteiger partial charge in [0.1, 0.15) is 5.75 Å². The van der Waals surface area contributed by atoms with Crippen LogP contribution in [0.5, 0.6) is 5.75 Å². The first-order valence-electron chi connectivity index (χ1n) is 7.13. The van der Waals surface area contributed by atoms with Gasteiger partial charge in [0.2, 0.25) is 0 Å². The number of ether oxygens (including phenoxy) is 1. The zero-order valence-corrected chi connectivity index (χ0v) is 12.6. The number of anilines is 1. The van der Waals surface area contributed by atoms with Gasteiger partial charge in [0, 0.05) is 17.8 Å². The topological polar surface area (TPSA) is 41.5 Å². The van der Waals surface area contributed by atoms with E-state index in [1.807, 2.05) is 31.2 Å². The molecule has 0 heterocycles. The number of hydrogen-bond donors (Lipinski definition) is 2. The van der Waals surface area contributed by atoms with Gasteiger partial charge in [0.25, 0.3) is 0 Å². The number of nitrogens with one attached hydrogen (secondary N) is 1. The molecule has 1 atom stereocenters. The second-order valence-electron chi connectivity index (χ2n) is 5.20. The Kier molecular flexibility index (Phi) is 5.50. The quantitative estimate of drug-likeness (QED) is 0.832. The van der Waals surface area contributed by atoms with Gasteiger partial charge in [-0.2, -0.15) is 13.2 Å². The zero-order valence-electron chi connectivity index (χ0n) is 12.6. The number of aliphatic hydroxyl groups excluding tert-OH is 1. The smallest absolute Gasteiger partial charge is 0.422 e. The number of alkyl halides is 3. The molecule has 0 aromatic heterocycles. The number of benzene rings is 2. The number of halogens is 3. The molecule has 0 amide bonds. The van der Waals surface area contributed by atoms with Crippen LogP contribution in [-0.4, -0.2) is 17.9 Å². The van der Waals surface area contributed by atoms with E-state index in [0.29, 0.717) is 5.69 Å². The molecule has 1 unspecified atom stereocenters. The molecule has 2 aromatic rings. The van der Waals surface area contributed by atoms with Crippen molar-refractivity contribution in [3.8, 4) is 5.75 Å². The molecule has 0 spiro atoms. The normalized spacial score (nSPS) is 12.7. The van der Waals surface area contributed by atoms with Crippen LogP contribution in [0.2, 0.25) is 0 Å². The Morgan fingerprint density at radius 3 is 2.57 bits per heavy atom. The summed E-state index contributed by atoms with van der Waals surface area (Å²) in [6.45, 7) is 0.575. The molecular formula is C17H18F3NO2. The van der Waals surface area contributed by atoms with Crippen molar-refractivity contribution in [1.82, 2.24) is 0 Å². The van der Waals surface area contributed by atoms with E-state index in [0.717, 1.165) is 11.1 Å². The van der Waals surface area contributed by atoms with Gasteiger partial charge in [-0.05, 0) is 30.2 Å². The average molecular weight is 325 g/mol. The highest BCUT2D eigenvalue weighted by Crippen LogP contribution is 2.25. The molecule has 2 rings (SSSR count). The van der Waals surface area contributed by atoms with Crippen LogP contribution in [-0.2, 0) is 6.61 Å². The first-order valence-corrected chi connectivity index (χ1v) is 7.13. The second-order valence-corrected chi connectivity index (χ2v) is 5.20. The monoisotopic (exact) mass is 325 g/mol. The minimum absolute atomic E-state index is 0.0403. The number of rotatable bonds is 6. The molecule has 0 bridgehead atoms. The predicted molar refractivity (Wildman–Crippen MR) is 82.4 cm³/mol. The molecule has 6 heteroatoms. The largest absolute Gasteiger partial charge is 0.484 e. The molecule has 2 N–H and O–H groups in total. The SMILES string of the molecule is CC(Nc1cccc(OCC(F)(F)F)c1)c1cccc(CO)c1. The van der Waals surface area contributed by atoms with E-state index in [1.54, 1.807) is 12.1 Å². The Balaban J connectivity index is 2.04. The van der Waals surface area contributed by atoms with Gasteiger partial charge in [0.05, 0.1) is 6.61 Å². The summed E-state index contributed by atoms with van der Waals surface area (Å²) >= 11 is 0. The van der Waals surface area contributed by atoms with Crippen molar-refractivity contribution in [2.75, 3.05) is 11.9 Å². The highest BCUT2D eigenvalue weighted by molar-refractivity contribution is 5.50. The lowest BCUT2D eigenvalue weighted by molar-refractivity contribution is -0.153. The van der Waals surface area contributed by atoms with Crippen molar-refractivity contribution in [3.63, 3.8) is 0 Å². The maximum absolute atomic E-state index is 12.2. The molecule has 0 aliphatic rings. The first-order chi connectivity index (χ1) is 10.9. The average Bonchev–Trinajstić information content (AvgIpc) is 2.53. The molecule has 0 fully saturated rings. The summed E-state index contributed by atoms with van der Waals surface area (Å²) in [6.07, 6.45) is -4.36. The Morgan fingerprint density at radius 1 is 1.13 bits per heavy atom. The van der Waals surface area contributed by atoms with Crippen molar-refractivity contribution in [2.24, 2.45) is 0 Å². The Labute approximate surface area is 132 Å². The van der Waals surface area contributed by atoms with E-state index in [4.69, 9.17) is 9.84 Å². The van der Waals surface area contributed by atoms with E-state index in [9.17, 15) is 13.2 Å². The van der Waals surface area contributed by atoms with Crippen LogP contribution >= 0.6 is 0 Å². The fourth-order valence-electron chi connectivity index (χ4n) is 2.13. The van der Waals surface area contributed by atoms with E-state index in [-0.39, 0.29) is 18.4 Å². The van der Waals surface area contributed by atoms with Gasteiger partial charge in [0.15, 0.2) is 6.61 Å². The van der Waals surface area contributed by atoms with Gasteiger partial charge < -0.3 is 15.2 Å². The molecule has 0 aliphatic heterocycles. The summed E-state index contributed by atoms with van der Waals surface area (Å²) in [7, 11) is 0. The van der Waals surface area contributed by atoms with Crippen LogP contribution in [0.25, 0.3) is 0 Å². The van der Waals surface area contributed by atoms with E-state index in [2.05, 4.69) is 5.32 Å². The molecule has 0 radical (unpaired) electrons. The summed E-state index contributed by atoms with van der Waals surface area (Å²) in [6, 6.07) is 13.8. The highest BCUT2D eigenvalue weighted by atomic mass is 19.4. The number of hydrogen-bond acceptors (Lipinski definition) is 3. The standard InChI is InChI=1S/C17H18F3NO2/c1-12(14-5-2-4-13(8-14)10-22)21-15-6-3-7-16(9-15)23-11-17(18,19)20/h2-9,12,21-22H,10-11H2,1H3. The maximum Gasteiger partial charge on any atom is 0.422 e. The molecule has 0 saturated carbocycles. The highest BCUT2D eigenvalue weighted by Gasteiger charge is 2.28. The van der Waals surface area contributed by atoms with Gasteiger partial charge in [-0.3, -0.25) is 0 Å². The molecule has 2 aromatic carbocycles. The van der Waals surface area contributed by atoms with Crippen LogP contribution in [0.1, 0.15) is 24.1 Å². The summed E-state index contributed by atoms with van der Waals surface area (Å²) in [4.78, 5) is 0. The van der Waals surface area contributed by atoms with Gasteiger partial charge >= 0.3 is 6.18 Å². The predicted octanol–water partition coefficient (Wildman–Crippen LogP) is 4.29. The summed E-state index contributed by atoms with van der Waals surface area (Å²) < 4.78 is 41.3. The van der Waals surface area contributed by atoms with Crippen LogP contribution in [0.3, 0.4) is 0 Å². The van der Waals surface area contributed by atoms with E-state index >= 15 is 0 Å². The fourth-order valence-corrected chi connectivity index (χ4v) is 2.13. The third-order valence-electron chi connectivity index (χ3n) is 3.25. The molecule has 23 heavy (non-hydrogen) atoms. The molecule has 3 nitrogen and oxygen atoms in total. The van der Waals surface area contributed by atoms with Crippen LogP contribution < -0.4 is 10.1 Å². The third kappa shape index (κ3) is 5.49. The molecule has 0 aliphatic carbocycles. The number of aliphatic hydroxyl groups is 1. The third-order valence-corrected chi connectivity index (χ3v) is 3.25. The lowest BCUT2D eigenvalue weighted by atomic mass is 10.1. The Bertz CT molecular complexity index is 644. The van der Waals surface area contributed by atoms with Gasteiger partial charge in [-0.15, -0.1) is 0 Å². The van der Waals surface area contributed by atoms with Crippen LogP contribution in [0.4, 0.5) is 18.9 Å². The van der Waals surface area contributed by atoms with Gasteiger partial charge in [-0.25, -0.2) is 0 Å². The Hall–Kier alpha value is -2.21. The summed E-state index contributed by atoms with van der Waals surface area (Å²) in [5.41, 5.74) is 2.43. The van der Waals surface area contributed by atoms with Gasteiger partial charge in [-0.1, -0.05) is 30.3 Å². The van der Waals surface area contributed by atoms with Crippen molar-refractivity contribution in [3.05, 3.63) is 59.7 Å². The van der Waals surface area contributed by atoms with E-state index in [1.165, 1.54) is 12.1 Å². The molecular weight excluding hydrogens is 307 g/mol. The minimum Gasteiger partial charge on any atom is -0.484 e. The molecule has 0 saturated heterocycles. The zero-order chi connectivity index (χ0) is 16.9. The Morgan fingerprint density at radius 2 is 1.87 bits per heavy atom. The lowest BCUT2D eigenvalue weighted by Crippen LogP contribution is -2.19. The molecule has 124 valence electrons. The van der Waals surface area contributed by atoms with Crippen LogP contribution in [0.15, 0.2) is 48.5 Å². The minimum atomic E-state index is -4.36. The van der Waals surface area contributed by atoms with Crippen molar-refractivity contribution in [1.29, 1.82) is 0 Å². The summed E-state index contributed by atoms with van der Waals surface area (Å²) in [5.74, 6) is 0.156. The fraction of sp³-hybridized carbons (Fsp3) is 0.294. The summed E-state index contributed by atoms with van der Waals surface area (Å²) in [5, 5.41) is 12.4. The van der Waals surface area contributed by atoms with E-state index < -0.39 is 12.8 Å². The second kappa shape index (κ2) is 7.37. The van der Waals surface area contributed by atoms with Crippen molar-refractivity contribution < 1.29 is 23.0 Å². The van der Waals surface area contributed by atoms with Crippen molar-refractivity contribution in [2.45, 2.75) is 25.7 Å². The lowest BCUT2D eigenvalue weighted by Gasteiger charge is -2.17. The first kappa shape index (κ1) is 17.1. The van der Waals surface area contributed by atoms with Crippen LogP contribution in [0, 0.1) is 0 Å². The maximum atomic E-state index is 12.2.